The fourth-order valence-electron chi connectivity index (χ4n) is 3.57. The minimum Gasteiger partial charge on any atom is -0.365 e. The van der Waals surface area contributed by atoms with E-state index in [4.69, 9.17) is 16.2 Å². The Morgan fingerprint density at radius 2 is 1.82 bits per heavy atom. The average molecular weight is 416 g/mol. The summed E-state index contributed by atoms with van der Waals surface area (Å²) in [6, 6.07) is 0.553. The van der Waals surface area contributed by atoms with Gasteiger partial charge in [0.05, 0.1) is 16.8 Å². The molecule has 0 aliphatic carbocycles. The number of amides is 2. The molecule has 0 aromatic carbocycles. The zero-order chi connectivity index (χ0) is 21.2. The summed E-state index contributed by atoms with van der Waals surface area (Å²) in [5.74, 6) is -2.00. The molecule has 2 amide bonds. The van der Waals surface area contributed by atoms with Gasteiger partial charge in [0.2, 0.25) is 0 Å². The van der Waals surface area contributed by atoms with E-state index in [-0.39, 0.29) is 17.0 Å². The van der Waals surface area contributed by atoms with Gasteiger partial charge < -0.3 is 16.2 Å². The molecule has 0 fully saturated rings. The molecule has 1 aliphatic heterocycles. The first-order valence-electron chi connectivity index (χ1n) is 8.27. The first kappa shape index (κ1) is 20.3. The van der Waals surface area contributed by atoms with Crippen LogP contribution in [0.4, 0.5) is 13.2 Å². The molecule has 0 saturated heterocycles. The Morgan fingerprint density at radius 3 is 2.32 bits per heavy atom. The maximum Gasteiger partial charge on any atom is 0.433 e. The van der Waals surface area contributed by atoms with Gasteiger partial charge in [-0.3, -0.25) is 9.59 Å². The second kappa shape index (κ2) is 6.05. The molecule has 28 heavy (non-hydrogen) atoms. The highest BCUT2D eigenvalue weighted by molar-refractivity contribution is 7.15. The van der Waals surface area contributed by atoms with E-state index < -0.39 is 40.6 Å². The smallest absolute Gasteiger partial charge is 0.365 e. The molecule has 0 radical (unpaired) electrons. The fourth-order valence-corrected chi connectivity index (χ4v) is 4.90. The summed E-state index contributed by atoms with van der Waals surface area (Å²) >= 11 is 0.929. The quantitative estimate of drug-likeness (QED) is 0.801. The second-order valence-electron chi connectivity index (χ2n) is 7.69. The van der Waals surface area contributed by atoms with E-state index in [2.05, 4.69) is 5.10 Å². The summed E-state index contributed by atoms with van der Waals surface area (Å²) in [7, 11) is 0. The number of halogens is 3. The monoisotopic (exact) mass is 416 g/mol. The number of carbonyl (C=O) groups excluding carboxylic acids is 2. The predicted molar refractivity (Wildman–Crippen MR) is 95.4 cm³/mol. The molecule has 152 valence electrons. The summed E-state index contributed by atoms with van der Waals surface area (Å²) in [5, 5.41) is 3.58. The number of hydrogen-bond acceptors (Lipinski definition) is 5. The normalized spacial score (nSPS) is 18.0. The summed E-state index contributed by atoms with van der Waals surface area (Å²) in [4.78, 5) is 24.2. The number of carbonyl (C=O) groups is 2. The highest BCUT2D eigenvalue weighted by Crippen LogP contribution is 2.48. The molecular formula is C17H19F3N4O3S. The molecule has 1 aliphatic rings. The first-order valence-corrected chi connectivity index (χ1v) is 9.09. The number of hydrogen-bond donors (Lipinski definition) is 2. The Labute approximate surface area is 162 Å². The van der Waals surface area contributed by atoms with Gasteiger partial charge in [-0.15, -0.1) is 11.3 Å². The number of nitrogens with two attached hydrogens (primary N) is 2. The lowest BCUT2D eigenvalue weighted by molar-refractivity contribution is -0.142. The van der Waals surface area contributed by atoms with E-state index in [0.29, 0.717) is 21.2 Å². The van der Waals surface area contributed by atoms with Gasteiger partial charge in [-0.1, -0.05) is 0 Å². The molecule has 4 N–H and O–H groups in total. The van der Waals surface area contributed by atoms with Crippen molar-refractivity contribution in [2.24, 2.45) is 11.5 Å². The lowest BCUT2D eigenvalue weighted by Crippen LogP contribution is -2.42. The van der Waals surface area contributed by atoms with E-state index in [1.54, 1.807) is 13.8 Å². The van der Waals surface area contributed by atoms with Gasteiger partial charge >= 0.3 is 6.18 Å². The van der Waals surface area contributed by atoms with Gasteiger partial charge in [0.1, 0.15) is 10.7 Å². The molecule has 2 aromatic heterocycles. The van der Waals surface area contributed by atoms with E-state index in [9.17, 15) is 22.8 Å². The number of ether oxygens (including phenoxy) is 1. The van der Waals surface area contributed by atoms with Crippen molar-refractivity contribution in [2.75, 3.05) is 0 Å². The Morgan fingerprint density at radius 1 is 1.21 bits per heavy atom. The van der Waals surface area contributed by atoms with Crippen LogP contribution in [0.3, 0.4) is 0 Å². The molecule has 3 rings (SSSR count). The standard InChI is InChI=1S/C17H19F3N4O3S/c1-15(2)6-7-10(13(22)26)14(28-11(7)16(3,4)27-15)24-9(17(18,19)20)5-8(23-24)12(21)25/h5H,6H2,1-4H3,(H2,21,25)(H2,22,26). The van der Waals surface area contributed by atoms with Gasteiger partial charge in [0.25, 0.3) is 11.8 Å². The number of alkyl halides is 3. The zero-order valence-corrected chi connectivity index (χ0v) is 16.4. The zero-order valence-electron chi connectivity index (χ0n) is 15.6. The lowest BCUT2D eigenvalue weighted by atomic mass is 9.86. The Hall–Kier alpha value is -2.40. The van der Waals surface area contributed by atoms with Gasteiger partial charge in [-0.2, -0.15) is 18.3 Å². The number of nitrogens with zero attached hydrogens (tertiary/aromatic N) is 2. The van der Waals surface area contributed by atoms with Crippen LogP contribution in [-0.4, -0.2) is 27.2 Å². The lowest BCUT2D eigenvalue weighted by Gasteiger charge is -2.41. The van der Waals surface area contributed by atoms with Gasteiger partial charge in [-0.05, 0) is 33.3 Å². The third kappa shape index (κ3) is 3.28. The van der Waals surface area contributed by atoms with Crippen LogP contribution in [0.15, 0.2) is 6.07 Å². The maximum atomic E-state index is 13.6. The van der Waals surface area contributed by atoms with Gasteiger partial charge in [-0.25, -0.2) is 4.68 Å². The van der Waals surface area contributed by atoms with Gasteiger partial charge in [0.15, 0.2) is 5.69 Å². The van der Waals surface area contributed by atoms with Crippen LogP contribution in [0, 0.1) is 0 Å². The summed E-state index contributed by atoms with van der Waals surface area (Å²) in [6.07, 6.45) is -4.54. The van der Waals surface area contributed by atoms with Crippen molar-refractivity contribution in [3.8, 4) is 5.00 Å². The number of thiophene rings is 1. The minimum absolute atomic E-state index is 0.0610. The van der Waals surface area contributed by atoms with Crippen molar-refractivity contribution in [1.29, 1.82) is 0 Å². The van der Waals surface area contributed by atoms with Gasteiger partial charge in [0, 0.05) is 17.4 Å². The molecule has 7 nitrogen and oxygen atoms in total. The van der Waals surface area contributed by atoms with Crippen LogP contribution >= 0.6 is 11.3 Å². The van der Waals surface area contributed by atoms with Crippen molar-refractivity contribution in [1.82, 2.24) is 9.78 Å². The SMILES string of the molecule is CC1(C)Cc2c(sc(-n3nc(C(N)=O)cc3C(F)(F)F)c2C(N)=O)C(C)(C)O1. The van der Waals surface area contributed by atoms with E-state index in [1.807, 2.05) is 13.8 Å². The average Bonchev–Trinajstić information content (AvgIpc) is 3.05. The Balaban J connectivity index is 2.35. The number of primary amides is 2. The van der Waals surface area contributed by atoms with Crippen molar-refractivity contribution >= 4 is 23.2 Å². The number of fused-ring (bicyclic) bond motifs is 1. The molecule has 0 unspecified atom stereocenters. The van der Waals surface area contributed by atoms with E-state index >= 15 is 0 Å². The van der Waals surface area contributed by atoms with Crippen LogP contribution in [0.1, 0.15) is 64.7 Å². The second-order valence-corrected chi connectivity index (χ2v) is 8.69. The van der Waals surface area contributed by atoms with Crippen molar-refractivity contribution in [2.45, 2.75) is 51.5 Å². The maximum absolute atomic E-state index is 13.6. The number of rotatable bonds is 3. The Kier molecular flexibility index (Phi) is 4.39. The van der Waals surface area contributed by atoms with Crippen LogP contribution < -0.4 is 11.5 Å². The fraction of sp³-hybridized carbons (Fsp3) is 0.471. The van der Waals surface area contributed by atoms with Crippen LogP contribution in [0.2, 0.25) is 0 Å². The molecule has 0 saturated carbocycles. The summed E-state index contributed by atoms with van der Waals surface area (Å²) in [6.45, 7) is 7.17. The van der Waals surface area contributed by atoms with Crippen LogP contribution in [0.25, 0.3) is 5.00 Å². The molecule has 0 atom stereocenters. The third-order valence-corrected chi connectivity index (χ3v) is 5.87. The number of aromatic nitrogens is 2. The van der Waals surface area contributed by atoms with E-state index in [1.165, 1.54) is 0 Å². The van der Waals surface area contributed by atoms with E-state index in [0.717, 1.165) is 11.3 Å². The van der Waals surface area contributed by atoms with Crippen molar-refractivity contribution in [3.05, 3.63) is 33.5 Å². The molecule has 2 aromatic rings. The molecule has 11 heteroatoms. The summed E-state index contributed by atoms with van der Waals surface area (Å²) < 4.78 is 47.2. The van der Waals surface area contributed by atoms with Crippen LogP contribution in [0.5, 0.6) is 0 Å². The summed E-state index contributed by atoms with van der Waals surface area (Å²) in [5.41, 5.74) is 7.80. The highest BCUT2D eigenvalue weighted by atomic mass is 32.1. The van der Waals surface area contributed by atoms with Crippen LogP contribution in [-0.2, 0) is 22.9 Å². The first-order chi connectivity index (χ1) is 12.6. The molecular weight excluding hydrogens is 397 g/mol. The molecule has 0 spiro atoms. The van der Waals surface area contributed by atoms with Crippen molar-refractivity contribution < 1.29 is 27.5 Å². The van der Waals surface area contributed by atoms with Crippen molar-refractivity contribution in [3.63, 3.8) is 0 Å². The largest absolute Gasteiger partial charge is 0.433 e. The Bertz CT molecular complexity index is 989. The predicted octanol–water partition coefficient (Wildman–Crippen LogP) is 2.74. The molecule has 0 bridgehead atoms. The third-order valence-electron chi connectivity index (χ3n) is 4.36. The highest BCUT2D eigenvalue weighted by Gasteiger charge is 2.44. The minimum atomic E-state index is -4.83. The molecule has 3 heterocycles. The topological polar surface area (TPSA) is 113 Å².